The third kappa shape index (κ3) is 2.90. The highest BCUT2D eigenvalue weighted by Gasteiger charge is 2.52. The normalized spacial score (nSPS) is 23.4. The number of aromatic nitrogens is 2. The van der Waals surface area contributed by atoms with Crippen molar-refractivity contribution in [2.45, 2.75) is 37.8 Å². The molecular formula is C28H26N4O5. The Morgan fingerprint density at radius 1 is 1.16 bits per heavy atom. The van der Waals surface area contributed by atoms with E-state index in [1.165, 1.54) is 0 Å². The second kappa shape index (κ2) is 7.79. The molecule has 5 N–H and O–H groups in total. The number of ether oxygens (including phenoxy) is 1. The van der Waals surface area contributed by atoms with Gasteiger partial charge in [0.25, 0.3) is 11.8 Å². The van der Waals surface area contributed by atoms with E-state index >= 15 is 0 Å². The Hall–Kier alpha value is -3.92. The average molecular weight is 499 g/mol. The van der Waals surface area contributed by atoms with Crippen LogP contribution in [0.4, 0.5) is 0 Å². The van der Waals surface area contributed by atoms with Crippen molar-refractivity contribution in [2.75, 3.05) is 13.2 Å². The lowest BCUT2D eigenvalue weighted by Gasteiger charge is -2.24. The first kappa shape index (κ1) is 22.3. The predicted molar refractivity (Wildman–Crippen MR) is 139 cm³/mol. The van der Waals surface area contributed by atoms with Crippen LogP contribution in [0.1, 0.15) is 35.5 Å². The maximum absolute atomic E-state index is 13.2. The molecule has 188 valence electrons. The lowest BCUT2D eigenvalue weighted by molar-refractivity contribution is -0.145. The van der Waals surface area contributed by atoms with E-state index in [1.54, 1.807) is 6.92 Å². The highest BCUT2D eigenvalue weighted by Crippen LogP contribution is 2.47. The number of aliphatic hydroxyl groups excluding tert-OH is 1. The number of benzene rings is 3. The molecule has 2 amide bonds. The summed E-state index contributed by atoms with van der Waals surface area (Å²) in [4.78, 5) is 29.7. The second-order valence-corrected chi connectivity index (χ2v) is 9.91. The van der Waals surface area contributed by atoms with Crippen LogP contribution in [0.25, 0.3) is 43.6 Å². The standard InChI is InChI=1S/C28H26N4O5/c1-14-28(36,27(35)29-10-11-33)12-20(37-14)32-19-9-5-3-7-16(19)22-23-17(13-30-26(23)34)21-15-6-2-4-8-18(15)31-24(21)25(22)32/h2-9,14,20,31,33,36H,10-13H2,1H3,(H,29,35)(H,30,34)/t14-,20+,28+/m0/s1. The van der Waals surface area contributed by atoms with Crippen molar-refractivity contribution in [3.63, 3.8) is 0 Å². The fourth-order valence-corrected chi connectivity index (χ4v) is 6.23. The number of para-hydroxylation sites is 2. The van der Waals surface area contributed by atoms with E-state index in [9.17, 15) is 14.7 Å². The van der Waals surface area contributed by atoms with Crippen LogP contribution >= 0.6 is 0 Å². The van der Waals surface area contributed by atoms with Crippen molar-refractivity contribution in [1.82, 2.24) is 20.2 Å². The van der Waals surface area contributed by atoms with E-state index in [1.807, 2.05) is 47.0 Å². The van der Waals surface area contributed by atoms with Gasteiger partial charge in [-0.1, -0.05) is 36.4 Å². The SMILES string of the molecule is C[C@@H]1O[C@@H](n2c3ccccc3c3c4c(c5c6ccccc6[nH]c5c32)CNC4=O)C[C@]1(O)C(=O)NCCO. The number of nitrogens with one attached hydrogen (secondary N) is 3. The topological polar surface area (TPSA) is 129 Å². The zero-order valence-corrected chi connectivity index (χ0v) is 20.2. The predicted octanol–water partition coefficient (Wildman–Crippen LogP) is 2.82. The van der Waals surface area contributed by atoms with Gasteiger partial charge in [0.05, 0.1) is 34.8 Å². The molecule has 7 rings (SSSR count). The number of amides is 2. The van der Waals surface area contributed by atoms with Gasteiger partial charge in [-0.15, -0.1) is 0 Å². The zero-order chi connectivity index (χ0) is 25.5. The average Bonchev–Trinajstić information content (AvgIpc) is 3.63. The molecule has 0 aliphatic carbocycles. The number of aliphatic hydroxyl groups is 2. The zero-order valence-electron chi connectivity index (χ0n) is 20.2. The number of carbonyl (C=O) groups is 2. The van der Waals surface area contributed by atoms with Crippen molar-refractivity contribution in [2.24, 2.45) is 0 Å². The number of fused-ring (bicyclic) bond motifs is 10. The summed E-state index contributed by atoms with van der Waals surface area (Å²) in [6.07, 6.45) is -1.44. The van der Waals surface area contributed by atoms with E-state index in [-0.39, 0.29) is 25.5 Å². The minimum atomic E-state index is -1.77. The number of hydrogen-bond donors (Lipinski definition) is 5. The van der Waals surface area contributed by atoms with Gasteiger partial charge in [-0.3, -0.25) is 9.59 Å². The second-order valence-electron chi connectivity index (χ2n) is 9.91. The van der Waals surface area contributed by atoms with Crippen molar-refractivity contribution in [1.29, 1.82) is 0 Å². The number of H-pyrrole nitrogens is 1. The molecule has 5 aromatic rings. The Kier molecular flexibility index (Phi) is 4.69. The van der Waals surface area contributed by atoms with Crippen LogP contribution in [0.2, 0.25) is 0 Å². The molecule has 0 spiro atoms. The summed E-state index contributed by atoms with van der Waals surface area (Å²) in [6.45, 7) is 1.95. The minimum absolute atomic E-state index is 0.0181. The maximum atomic E-state index is 13.2. The number of nitrogens with zero attached hydrogens (tertiary/aromatic N) is 1. The van der Waals surface area contributed by atoms with Gasteiger partial charge in [-0.05, 0) is 24.6 Å². The molecule has 0 bridgehead atoms. The van der Waals surface area contributed by atoms with Gasteiger partial charge >= 0.3 is 0 Å². The molecule has 2 aromatic heterocycles. The summed E-state index contributed by atoms with van der Waals surface area (Å²) in [5.41, 5.74) is 3.36. The maximum Gasteiger partial charge on any atom is 0.254 e. The van der Waals surface area contributed by atoms with Crippen molar-refractivity contribution in [3.8, 4) is 0 Å². The van der Waals surface area contributed by atoms with Gasteiger partial charge in [0.1, 0.15) is 6.23 Å². The third-order valence-corrected chi connectivity index (χ3v) is 7.96. The molecule has 3 aromatic carbocycles. The first-order valence-electron chi connectivity index (χ1n) is 12.5. The molecule has 2 aliphatic heterocycles. The Balaban J connectivity index is 1.56. The Morgan fingerprint density at radius 2 is 1.92 bits per heavy atom. The van der Waals surface area contributed by atoms with Gasteiger partial charge < -0.3 is 35.1 Å². The Morgan fingerprint density at radius 3 is 2.73 bits per heavy atom. The summed E-state index contributed by atoms with van der Waals surface area (Å²) < 4.78 is 8.30. The highest BCUT2D eigenvalue weighted by molar-refractivity contribution is 6.30. The monoisotopic (exact) mass is 498 g/mol. The van der Waals surface area contributed by atoms with Gasteiger partial charge in [0.2, 0.25) is 0 Å². The van der Waals surface area contributed by atoms with Gasteiger partial charge in [-0.2, -0.15) is 0 Å². The molecule has 9 heteroatoms. The summed E-state index contributed by atoms with van der Waals surface area (Å²) in [6, 6.07) is 15.9. The van der Waals surface area contributed by atoms with Gasteiger partial charge in [-0.25, -0.2) is 0 Å². The minimum Gasteiger partial charge on any atom is -0.395 e. The molecule has 1 fully saturated rings. The largest absolute Gasteiger partial charge is 0.395 e. The van der Waals surface area contributed by atoms with Crippen LogP contribution in [0.5, 0.6) is 0 Å². The van der Waals surface area contributed by atoms with Crippen LogP contribution in [0.3, 0.4) is 0 Å². The quantitative estimate of drug-likeness (QED) is 0.260. The lowest BCUT2D eigenvalue weighted by atomic mass is 9.94. The van der Waals surface area contributed by atoms with Gasteiger partial charge in [0, 0.05) is 46.6 Å². The van der Waals surface area contributed by atoms with Crippen LogP contribution in [0.15, 0.2) is 48.5 Å². The molecule has 2 aliphatic rings. The van der Waals surface area contributed by atoms with Crippen LogP contribution in [0, 0.1) is 0 Å². The molecule has 0 unspecified atom stereocenters. The molecule has 1 saturated heterocycles. The van der Waals surface area contributed by atoms with Crippen LogP contribution in [-0.2, 0) is 16.1 Å². The van der Waals surface area contributed by atoms with Crippen LogP contribution < -0.4 is 10.6 Å². The molecule has 0 saturated carbocycles. The summed E-state index contributed by atoms with van der Waals surface area (Å²) in [5, 5.41) is 29.9. The van der Waals surface area contributed by atoms with E-state index in [4.69, 9.17) is 9.84 Å². The highest BCUT2D eigenvalue weighted by atomic mass is 16.5. The van der Waals surface area contributed by atoms with E-state index in [2.05, 4.69) is 21.7 Å². The van der Waals surface area contributed by atoms with E-state index in [0.717, 1.165) is 49.2 Å². The lowest BCUT2D eigenvalue weighted by Crippen LogP contribution is -2.51. The smallest absolute Gasteiger partial charge is 0.254 e. The molecular weight excluding hydrogens is 472 g/mol. The summed E-state index contributed by atoms with van der Waals surface area (Å²) in [5.74, 6) is -0.691. The molecule has 0 radical (unpaired) electrons. The first-order chi connectivity index (χ1) is 17.9. The molecule has 37 heavy (non-hydrogen) atoms. The fourth-order valence-electron chi connectivity index (χ4n) is 6.23. The summed E-state index contributed by atoms with van der Waals surface area (Å²) in [7, 11) is 0. The third-order valence-electron chi connectivity index (χ3n) is 7.96. The van der Waals surface area contributed by atoms with E-state index in [0.29, 0.717) is 12.1 Å². The van der Waals surface area contributed by atoms with Crippen molar-refractivity contribution in [3.05, 3.63) is 59.7 Å². The number of hydrogen-bond acceptors (Lipinski definition) is 5. The molecule has 3 atom stereocenters. The number of aromatic amines is 1. The van der Waals surface area contributed by atoms with Crippen LogP contribution in [-0.4, -0.2) is 56.4 Å². The fraction of sp³-hybridized carbons (Fsp3) is 0.286. The number of carbonyl (C=O) groups excluding carboxylic acids is 2. The Bertz CT molecular complexity index is 1770. The van der Waals surface area contributed by atoms with Gasteiger partial charge in [0.15, 0.2) is 5.60 Å². The first-order valence-corrected chi connectivity index (χ1v) is 12.5. The molecule has 4 heterocycles. The number of rotatable bonds is 4. The molecule has 9 nitrogen and oxygen atoms in total. The Labute approximate surface area is 211 Å². The van der Waals surface area contributed by atoms with Crippen molar-refractivity contribution >= 4 is 55.4 Å². The van der Waals surface area contributed by atoms with Crippen molar-refractivity contribution < 1.29 is 24.5 Å². The summed E-state index contributed by atoms with van der Waals surface area (Å²) >= 11 is 0. The van der Waals surface area contributed by atoms with E-state index < -0.39 is 23.8 Å².